The molecule has 0 spiro atoms. The Morgan fingerprint density at radius 3 is 2.31 bits per heavy atom. The van der Waals surface area contributed by atoms with Crippen LogP contribution in [0.1, 0.15) is 18.1 Å². The van der Waals surface area contributed by atoms with E-state index in [1.807, 2.05) is 0 Å². The number of hydrogen-bond donors (Lipinski definition) is 0. The second-order valence-corrected chi connectivity index (χ2v) is 5.07. The van der Waals surface area contributed by atoms with Gasteiger partial charge >= 0.3 is 0 Å². The molecule has 0 fully saturated rings. The monoisotopic (exact) mass is 322 g/mol. The molecule has 0 aliphatic heterocycles. The molecule has 0 N–H and O–H groups in total. The average Bonchev–Trinajstić information content (AvgIpc) is 2.33. The van der Waals surface area contributed by atoms with Crippen LogP contribution in [0.25, 0.3) is 11.1 Å². The molecule has 0 aromatic heterocycles. The summed E-state index contributed by atoms with van der Waals surface area (Å²) < 4.78 is 1.35. The summed E-state index contributed by atoms with van der Waals surface area (Å²) in [4.78, 5) is 0. The van der Waals surface area contributed by atoms with Gasteiger partial charge in [0.15, 0.2) is 0 Å². The minimum atomic E-state index is 1.10. The Bertz CT molecular complexity index is 483. The summed E-state index contributed by atoms with van der Waals surface area (Å²) in [5.41, 5.74) is 5.39. The Morgan fingerprint density at radius 2 is 1.69 bits per heavy atom. The first-order valence-electron chi connectivity index (χ1n) is 5.57. The molecule has 0 saturated heterocycles. The fraction of sp³-hybridized carbons (Fsp3) is 0.200. The minimum Gasteiger partial charge on any atom is -0.0613 e. The highest BCUT2D eigenvalue weighted by molar-refractivity contribution is 14.1. The smallest absolute Gasteiger partial charge is 0.0237 e. The van der Waals surface area contributed by atoms with Gasteiger partial charge in [0.1, 0.15) is 0 Å². The van der Waals surface area contributed by atoms with Crippen molar-refractivity contribution in [1.82, 2.24) is 0 Å². The molecule has 0 radical (unpaired) electrons. The molecule has 1 heteroatoms. The highest BCUT2D eigenvalue weighted by atomic mass is 127. The zero-order valence-electron chi connectivity index (χ0n) is 9.63. The van der Waals surface area contributed by atoms with Crippen molar-refractivity contribution >= 4 is 22.6 Å². The largest absolute Gasteiger partial charge is 0.0613 e. The number of benzene rings is 2. The van der Waals surface area contributed by atoms with E-state index in [-0.39, 0.29) is 0 Å². The van der Waals surface area contributed by atoms with E-state index in [0.29, 0.717) is 0 Å². The molecule has 2 aromatic carbocycles. The van der Waals surface area contributed by atoms with E-state index in [9.17, 15) is 0 Å². The number of halogens is 1. The third kappa shape index (κ3) is 2.29. The maximum atomic E-state index is 2.43. The van der Waals surface area contributed by atoms with Gasteiger partial charge in [0.25, 0.3) is 0 Å². The van der Waals surface area contributed by atoms with Gasteiger partial charge in [-0.1, -0.05) is 49.4 Å². The first kappa shape index (κ1) is 11.6. The summed E-state index contributed by atoms with van der Waals surface area (Å²) >= 11 is 2.43. The average molecular weight is 322 g/mol. The van der Waals surface area contributed by atoms with Crippen LogP contribution in [0.4, 0.5) is 0 Å². The maximum Gasteiger partial charge on any atom is 0.0237 e. The van der Waals surface area contributed by atoms with Crippen molar-refractivity contribution in [2.45, 2.75) is 20.3 Å². The summed E-state index contributed by atoms with van der Waals surface area (Å²) in [6, 6.07) is 15.3. The van der Waals surface area contributed by atoms with Gasteiger partial charge in [0.05, 0.1) is 0 Å². The van der Waals surface area contributed by atoms with Crippen LogP contribution in [0.5, 0.6) is 0 Å². The number of aryl methyl sites for hydroxylation is 2. The highest BCUT2D eigenvalue weighted by Crippen LogP contribution is 2.27. The fourth-order valence-electron chi connectivity index (χ4n) is 1.79. The molecule has 0 heterocycles. The molecule has 0 nitrogen and oxygen atoms in total. The fourth-order valence-corrected chi connectivity index (χ4v) is 2.46. The van der Waals surface area contributed by atoms with Crippen molar-refractivity contribution in [1.29, 1.82) is 0 Å². The first-order valence-corrected chi connectivity index (χ1v) is 6.64. The normalized spacial score (nSPS) is 10.4. The van der Waals surface area contributed by atoms with Crippen LogP contribution in [-0.2, 0) is 6.42 Å². The van der Waals surface area contributed by atoms with Crippen molar-refractivity contribution in [2.24, 2.45) is 0 Å². The second-order valence-electron chi connectivity index (χ2n) is 3.99. The van der Waals surface area contributed by atoms with E-state index in [0.717, 1.165) is 6.42 Å². The lowest BCUT2D eigenvalue weighted by atomic mass is 10.0. The van der Waals surface area contributed by atoms with Gasteiger partial charge in [0, 0.05) is 3.57 Å². The molecule has 0 atom stereocenters. The van der Waals surface area contributed by atoms with Crippen LogP contribution in [0.15, 0.2) is 42.5 Å². The van der Waals surface area contributed by atoms with Gasteiger partial charge in [-0.3, -0.25) is 0 Å². The van der Waals surface area contributed by atoms with Crippen LogP contribution in [-0.4, -0.2) is 0 Å². The van der Waals surface area contributed by atoms with Gasteiger partial charge in [0.2, 0.25) is 0 Å². The third-order valence-corrected chi connectivity index (χ3v) is 4.30. The van der Waals surface area contributed by atoms with Gasteiger partial charge in [-0.15, -0.1) is 0 Å². The summed E-state index contributed by atoms with van der Waals surface area (Å²) in [5.74, 6) is 0. The summed E-state index contributed by atoms with van der Waals surface area (Å²) in [6.45, 7) is 4.34. The van der Waals surface area contributed by atoms with Crippen molar-refractivity contribution in [3.8, 4) is 11.1 Å². The number of rotatable bonds is 2. The van der Waals surface area contributed by atoms with Crippen molar-refractivity contribution in [2.75, 3.05) is 0 Å². The van der Waals surface area contributed by atoms with E-state index >= 15 is 0 Å². The van der Waals surface area contributed by atoms with E-state index < -0.39 is 0 Å². The lowest BCUT2D eigenvalue weighted by Gasteiger charge is -2.08. The Kier molecular flexibility index (Phi) is 3.64. The molecule has 0 saturated carbocycles. The lowest BCUT2D eigenvalue weighted by molar-refractivity contribution is 1.14. The Morgan fingerprint density at radius 1 is 1.00 bits per heavy atom. The molecule has 16 heavy (non-hydrogen) atoms. The van der Waals surface area contributed by atoms with Crippen LogP contribution >= 0.6 is 22.6 Å². The molecule has 0 aliphatic rings. The summed E-state index contributed by atoms with van der Waals surface area (Å²) in [6.07, 6.45) is 1.10. The predicted octanol–water partition coefficient (Wildman–Crippen LogP) is 4.83. The molecule has 2 rings (SSSR count). The molecule has 82 valence electrons. The Balaban J connectivity index is 2.46. The Hall–Kier alpha value is -0.830. The number of hydrogen-bond acceptors (Lipinski definition) is 0. The van der Waals surface area contributed by atoms with Gasteiger partial charge in [-0.25, -0.2) is 0 Å². The second kappa shape index (κ2) is 5.00. The van der Waals surface area contributed by atoms with Crippen LogP contribution < -0.4 is 0 Å². The topological polar surface area (TPSA) is 0 Å². The van der Waals surface area contributed by atoms with Crippen molar-refractivity contribution in [3.05, 3.63) is 57.2 Å². The van der Waals surface area contributed by atoms with Crippen LogP contribution in [0.2, 0.25) is 0 Å². The zero-order chi connectivity index (χ0) is 11.5. The SMILES string of the molecule is CCc1ccc(-c2cccc(C)c2I)cc1. The Labute approximate surface area is 111 Å². The van der Waals surface area contributed by atoms with Crippen LogP contribution in [0.3, 0.4) is 0 Å². The molecule has 0 amide bonds. The molecule has 0 bridgehead atoms. The summed E-state index contributed by atoms with van der Waals surface area (Å²) in [5, 5.41) is 0. The van der Waals surface area contributed by atoms with E-state index in [2.05, 4.69) is 78.9 Å². The molecule has 0 aliphatic carbocycles. The van der Waals surface area contributed by atoms with E-state index in [1.54, 1.807) is 0 Å². The maximum absolute atomic E-state index is 2.43. The molecule has 0 unspecified atom stereocenters. The lowest BCUT2D eigenvalue weighted by Crippen LogP contribution is -1.87. The van der Waals surface area contributed by atoms with E-state index in [1.165, 1.54) is 25.8 Å². The third-order valence-electron chi connectivity index (χ3n) is 2.86. The van der Waals surface area contributed by atoms with Gasteiger partial charge in [-0.2, -0.15) is 0 Å². The van der Waals surface area contributed by atoms with E-state index in [4.69, 9.17) is 0 Å². The highest BCUT2D eigenvalue weighted by Gasteiger charge is 2.04. The van der Waals surface area contributed by atoms with Gasteiger partial charge in [-0.05, 0) is 58.2 Å². The van der Waals surface area contributed by atoms with Crippen LogP contribution in [0, 0.1) is 10.5 Å². The quantitative estimate of drug-likeness (QED) is 0.695. The van der Waals surface area contributed by atoms with Crippen molar-refractivity contribution < 1.29 is 0 Å². The van der Waals surface area contributed by atoms with Gasteiger partial charge < -0.3 is 0 Å². The molecule has 2 aromatic rings. The first-order chi connectivity index (χ1) is 7.72. The van der Waals surface area contributed by atoms with Crippen molar-refractivity contribution in [3.63, 3.8) is 0 Å². The molecular weight excluding hydrogens is 307 g/mol. The standard InChI is InChI=1S/C15H15I/c1-3-12-7-9-13(10-8-12)14-6-4-5-11(2)15(14)16/h4-10H,3H2,1-2H3. The summed E-state index contributed by atoms with van der Waals surface area (Å²) in [7, 11) is 0. The molecular formula is C15H15I. The minimum absolute atomic E-state index is 1.10. The zero-order valence-corrected chi connectivity index (χ0v) is 11.8. The predicted molar refractivity (Wildman–Crippen MR) is 78.7 cm³/mol.